The maximum absolute atomic E-state index is 12.0. The minimum absolute atomic E-state index is 0.0760. The summed E-state index contributed by atoms with van der Waals surface area (Å²) in [4.78, 5) is 12.1. The third-order valence-corrected chi connectivity index (χ3v) is 4.84. The molecule has 124 valence electrons. The van der Waals surface area contributed by atoms with Gasteiger partial charge in [0.25, 0.3) is 5.91 Å². The zero-order valence-electron chi connectivity index (χ0n) is 12.7. The molecule has 2 rings (SSSR count). The van der Waals surface area contributed by atoms with Crippen molar-refractivity contribution in [3.8, 4) is 0 Å². The molecule has 1 aromatic heterocycles. The van der Waals surface area contributed by atoms with Gasteiger partial charge in [-0.15, -0.1) is 0 Å². The first-order valence-electron chi connectivity index (χ1n) is 6.90. The van der Waals surface area contributed by atoms with E-state index in [0.717, 1.165) is 0 Å². The Hall–Kier alpha value is -1.83. The summed E-state index contributed by atoms with van der Waals surface area (Å²) in [5, 5.41) is 3.10. The van der Waals surface area contributed by atoms with Crippen LogP contribution in [0.15, 0.2) is 39.6 Å². The Labute approximate surface area is 139 Å². The number of carbonyl (C=O) groups excluding carboxylic acids is 1. The third-order valence-electron chi connectivity index (χ3n) is 3.11. The first-order chi connectivity index (χ1) is 10.8. The van der Waals surface area contributed by atoms with Crippen LogP contribution >= 0.6 is 11.6 Å². The van der Waals surface area contributed by atoms with Gasteiger partial charge < -0.3 is 9.73 Å². The lowest BCUT2D eigenvalue weighted by molar-refractivity contribution is 0.0953. The summed E-state index contributed by atoms with van der Waals surface area (Å²) in [6, 6.07) is 7.48. The van der Waals surface area contributed by atoms with E-state index in [-0.39, 0.29) is 23.9 Å². The highest BCUT2D eigenvalue weighted by Crippen LogP contribution is 2.14. The molecule has 0 bridgehead atoms. The van der Waals surface area contributed by atoms with Crippen molar-refractivity contribution in [1.29, 1.82) is 0 Å². The zero-order valence-corrected chi connectivity index (χ0v) is 14.3. The van der Waals surface area contributed by atoms with Crippen molar-refractivity contribution < 1.29 is 17.6 Å². The standard InChI is InChI=1S/C15H17ClN2O4S/c1-10-9-14(11(2)22-10)15(19)17-7-8-18-23(20,21)13-5-3-12(16)4-6-13/h3-6,9,18H,7-8H2,1-2H3,(H,17,19). The Morgan fingerprint density at radius 3 is 2.39 bits per heavy atom. The number of carbonyl (C=O) groups is 1. The van der Waals surface area contributed by atoms with E-state index in [9.17, 15) is 13.2 Å². The highest BCUT2D eigenvalue weighted by Gasteiger charge is 2.15. The van der Waals surface area contributed by atoms with Crippen LogP contribution in [-0.2, 0) is 10.0 Å². The molecule has 0 fully saturated rings. The van der Waals surface area contributed by atoms with Crippen LogP contribution in [-0.4, -0.2) is 27.4 Å². The summed E-state index contributed by atoms with van der Waals surface area (Å²) in [6.45, 7) is 3.69. The third kappa shape index (κ3) is 4.57. The first kappa shape index (κ1) is 17.5. The molecule has 1 heterocycles. The molecule has 1 aromatic carbocycles. The normalized spacial score (nSPS) is 11.4. The highest BCUT2D eigenvalue weighted by molar-refractivity contribution is 7.89. The van der Waals surface area contributed by atoms with Crippen molar-refractivity contribution in [2.24, 2.45) is 0 Å². The topological polar surface area (TPSA) is 88.4 Å². The van der Waals surface area contributed by atoms with Crippen LogP contribution in [0, 0.1) is 13.8 Å². The number of nitrogens with one attached hydrogen (secondary N) is 2. The zero-order chi connectivity index (χ0) is 17.0. The molecule has 0 unspecified atom stereocenters. The predicted octanol–water partition coefficient (Wildman–Crippen LogP) is 2.26. The van der Waals surface area contributed by atoms with Gasteiger partial charge in [0.05, 0.1) is 10.5 Å². The number of rotatable bonds is 6. The lowest BCUT2D eigenvalue weighted by Gasteiger charge is -2.08. The van der Waals surface area contributed by atoms with Gasteiger partial charge in [0.1, 0.15) is 11.5 Å². The van der Waals surface area contributed by atoms with Crippen molar-refractivity contribution in [2.45, 2.75) is 18.7 Å². The Morgan fingerprint density at radius 2 is 1.83 bits per heavy atom. The van der Waals surface area contributed by atoms with Crippen LogP contribution in [0.2, 0.25) is 5.02 Å². The number of hydrogen-bond donors (Lipinski definition) is 2. The molecular weight excluding hydrogens is 340 g/mol. The second-order valence-electron chi connectivity index (χ2n) is 4.93. The molecule has 0 aliphatic heterocycles. The average molecular weight is 357 g/mol. The maximum Gasteiger partial charge on any atom is 0.254 e. The summed E-state index contributed by atoms with van der Waals surface area (Å²) in [6.07, 6.45) is 0. The lowest BCUT2D eigenvalue weighted by atomic mass is 10.2. The molecule has 0 aliphatic carbocycles. The average Bonchev–Trinajstić information content (AvgIpc) is 2.83. The lowest BCUT2D eigenvalue weighted by Crippen LogP contribution is -2.34. The quantitative estimate of drug-likeness (QED) is 0.777. The fraction of sp³-hybridized carbons (Fsp3) is 0.267. The fourth-order valence-corrected chi connectivity index (χ4v) is 3.17. The minimum Gasteiger partial charge on any atom is -0.466 e. The number of hydrogen-bond acceptors (Lipinski definition) is 4. The molecular formula is C15H17ClN2O4S. The Kier molecular flexibility index (Phi) is 5.46. The van der Waals surface area contributed by atoms with E-state index in [1.54, 1.807) is 19.9 Å². The molecule has 0 radical (unpaired) electrons. The number of benzene rings is 1. The predicted molar refractivity (Wildman–Crippen MR) is 87.2 cm³/mol. The van der Waals surface area contributed by atoms with Gasteiger partial charge in [-0.25, -0.2) is 13.1 Å². The number of halogens is 1. The van der Waals surface area contributed by atoms with Crippen LogP contribution in [0.25, 0.3) is 0 Å². The molecule has 0 atom stereocenters. The van der Waals surface area contributed by atoms with Crippen molar-refractivity contribution in [1.82, 2.24) is 10.0 Å². The SMILES string of the molecule is Cc1cc(C(=O)NCCNS(=O)(=O)c2ccc(Cl)cc2)c(C)o1. The summed E-state index contributed by atoms with van der Waals surface area (Å²) in [5.41, 5.74) is 0.447. The van der Waals surface area contributed by atoms with E-state index in [1.165, 1.54) is 24.3 Å². The van der Waals surface area contributed by atoms with Gasteiger partial charge in [0, 0.05) is 18.1 Å². The highest BCUT2D eigenvalue weighted by atomic mass is 35.5. The molecule has 23 heavy (non-hydrogen) atoms. The Bertz CT molecular complexity index is 797. The monoisotopic (exact) mass is 356 g/mol. The maximum atomic E-state index is 12.0. The smallest absolute Gasteiger partial charge is 0.254 e. The Morgan fingerprint density at radius 1 is 1.17 bits per heavy atom. The molecule has 0 saturated heterocycles. The van der Waals surface area contributed by atoms with E-state index in [4.69, 9.17) is 16.0 Å². The molecule has 6 nitrogen and oxygen atoms in total. The molecule has 8 heteroatoms. The van der Waals surface area contributed by atoms with Crippen LogP contribution in [0.5, 0.6) is 0 Å². The summed E-state index contributed by atoms with van der Waals surface area (Å²) in [7, 11) is -3.62. The van der Waals surface area contributed by atoms with Gasteiger partial charge in [-0.3, -0.25) is 4.79 Å². The van der Waals surface area contributed by atoms with Gasteiger partial charge in [-0.1, -0.05) is 11.6 Å². The minimum atomic E-state index is -3.62. The number of amides is 1. The number of furan rings is 1. The van der Waals surface area contributed by atoms with Gasteiger partial charge in [0.2, 0.25) is 10.0 Å². The van der Waals surface area contributed by atoms with Crippen LogP contribution in [0.4, 0.5) is 0 Å². The Balaban J connectivity index is 1.86. The van der Waals surface area contributed by atoms with Crippen molar-refractivity contribution in [3.63, 3.8) is 0 Å². The number of sulfonamides is 1. The van der Waals surface area contributed by atoms with Gasteiger partial charge in [0.15, 0.2) is 0 Å². The molecule has 0 aliphatic rings. The van der Waals surface area contributed by atoms with Gasteiger partial charge in [-0.05, 0) is 44.2 Å². The van der Waals surface area contributed by atoms with E-state index in [1.807, 2.05) is 0 Å². The van der Waals surface area contributed by atoms with Crippen LogP contribution < -0.4 is 10.0 Å². The molecule has 0 spiro atoms. The van der Waals surface area contributed by atoms with E-state index in [0.29, 0.717) is 22.1 Å². The number of aryl methyl sites for hydroxylation is 2. The second-order valence-corrected chi connectivity index (χ2v) is 7.14. The molecule has 2 aromatic rings. The van der Waals surface area contributed by atoms with Crippen LogP contribution in [0.3, 0.4) is 0 Å². The van der Waals surface area contributed by atoms with E-state index in [2.05, 4.69) is 10.0 Å². The molecule has 2 N–H and O–H groups in total. The second kappa shape index (κ2) is 7.16. The van der Waals surface area contributed by atoms with Crippen LogP contribution in [0.1, 0.15) is 21.9 Å². The summed E-state index contributed by atoms with van der Waals surface area (Å²) >= 11 is 5.73. The first-order valence-corrected chi connectivity index (χ1v) is 8.76. The van der Waals surface area contributed by atoms with E-state index >= 15 is 0 Å². The summed E-state index contributed by atoms with van der Waals surface area (Å²) in [5.74, 6) is 0.878. The van der Waals surface area contributed by atoms with Crippen molar-refractivity contribution >= 4 is 27.5 Å². The van der Waals surface area contributed by atoms with Gasteiger partial charge >= 0.3 is 0 Å². The summed E-state index contributed by atoms with van der Waals surface area (Å²) < 4.78 is 31.8. The molecule has 0 saturated carbocycles. The van der Waals surface area contributed by atoms with E-state index < -0.39 is 10.0 Å². The molecule has 1 amide bonds. The van der Waals surface area contributed by atoms with Gasteiger partial charge in [-0.2, -0.15) is 0 Å². The fourth-order valence-electron chi connectivity index (χ4n) is 2.01. The largest absolute Gasteiger partial charge is 0.466 e. The van der Waals surface area contributed by atoms with Crippen molar-refractivity contribution in [2.75, 3.05) is 13.1 Å². The van der Waals surface area contributed by atoms with Crippen molar-refractivity contribution in [3.05, 3.63) is 52.4 Å².